The normalized spacial score (nSPS) is 30.5. The van der Waals surface area contributed by atoms with E-state index in [-0.39, 0.29) is 17.7 Å². The SMILES string of the molecule is CCSc1nnc(NC(=O)[C@H]2[C@@H]3CC[C@@H](C3)[C@@H]2C(=O)O)s1. The summed E-state index contributed by atoms with van der Waals surface area (Å²) < 4.78 is 0.815. The zero-order valence-corrected chi connectivity index (χ0v) is 13.2. The van der Waals surface area contributed by atoms with Crippen molar-refractivity contribution in [3.63, 3.8) is 0 Å². The number of carboxylic acid groups (broad SMARTS) is 1. The second kappa shape index (κ2) is 5.92. The lowest BCUT2D eigenvalue weighted by Gasteiger charge is -2.26. The summed E-state index contributed by atoms with van der Waals surface area (Å²) in [7, 11) is 0. The van der Waals surface area contributed by atoms with E-state index < -0.39 is 17.8 Å². The van der Waals surface area contributed by atoms with E-state index in [1.54, 1.807) is 11.8 Å². The summed E-state index contributed by atoms with van der Waals surface area (Å²) in [5.41, 5.74) is 0. The van der Waals surface area contributed by atoms with Gasteiger partial charge in [-0.05, 0) is 36.9 Å². The fraction of sp³-hybridized carbons (Fsp3) is 0.692. The molecular formula is C13H17N3O3S2. The molecule has 2 N–H and O–H groups in total. The van der Waals surface area contributed by atoms with Crippen LogP contribution in [0.5, 0.6) is 0 Å². The Morgan fingerprint density at radius 1 is 1.33 bits per heavy atom. The number of aromatic nitrogens is 2. The fourth-order valence-corrected chi connectivity index (χ4v) is 5.31. The first-order valence-corrected chi connectivity index (χ1v) is 8.90. The van der Waals surface area contributed by atoms with Gasteiger partial charge in [0.05, 0.1) is 11.8 Å². The molecule has 3 rings (SSSR count). The Kier molecular flexibility index (Phi) is 4.17. The van der Waals surface area contributed by atoms with Crippen LogP contribution in [-0.4, -0.2) is 32.9 Å². The summed E-state index contributed by atoms with van der Waals surface area (Å²) in [4.78, 5) is 23.9. The molecule has 0 unspecified atom stereocenters. The van der Waals surface area contributed by atoms with E-state index in [2.05, 4.69) is 15.5 Å². The molecule has 4 atom stereocenters. The lowest BCUT2D eigenvalue weighted by atomic mass is 9.79. The van der Waals surface area contributed by atoms with Crippen LogP contribution in [-0.2, 0) is 9.59 Å². The number of carbonyl (C=O) groups excluding carboxylic acids is 1. The second-order valence-corrected chi connectivity index (χ2v) is 8.01. The minimum absolute atomic E-state index is 0.156. The van der Waals surface area contributed by atoms with Gasteiger partial charge in [-0.15, -0.1) is 10.2 Å². The summed E-state index contributed by atoms with van der Waals surface area (Å²) in [6.07, 6.45) is 2.75. The molecular weight excluding hydrogens is 310 g/mol. The van der Waals surface area contributed by atoms with Gasteiger partial charge < -0.3 is 10.4 Å². The van der Waals surface area contributed by atoms with Crippen molar-refractivity contribution in [3.05, 3.63) is 0 Å². The molecule has 1 amide bonds. The number of hydrogen-bond donors (Lipinski definition) is 2. The minimum Gasteiger partial charge on any atom is -0.481 e. The van der Waals surface area contributed by atoms with Gasteiger partial charge in [-0.25, -0.2) is 0 Å². The number of rotatable bonds is 5. The number of amides is 1. The molecule has 1 aromatic heterocycles. The Hall–Kier alpha value is -1.15. The summed E-state index contributed by atoms with van der Waals surface area (Å²) in [5, 5.41) is 20.5. The number of nitrogens with one attached hydrogen (secondary N) is 1. The van der Waals surface area contributed by atoms with Crippen molar-refractivity contribution in [2.75, 3.05) is 11.1 Å². The topological polar surface area (TPSA) is 92.2 Å². The predicted octanol–water partition coefficient (Wildman–Crippen LogP) is 2.34. The third-order valence-electron chi connectivity index (χ3n) is 4.41. The zero-order chi connectivity index (χ0) is 15.0. The quantitative estimate of drug-likeness (QED) is 0.637. The van der Waals surface area contributed by atoms with Crippen molar-refractivity contribution in [2.45, 2.75) is 30.5 Å². The summed E-state index contributed by atoms with van der Waals surface area (Å²) in [6, 6.07) is 0. The molecule has 2 fully saturated rings. The molecule has 1 aromatic rings. The predicted molar refractivity (Wildman–Crippen MR) is 80.4 cm³/mol. The third-order valence-corrected chi connectivity index (χ3v) is 6.26. The number of hydrogen-bond acceptors (Lipinski definition) is 6. The molecule has 2 saturated carbocycles. The van der Waals surface area contributed by atoms with Gasteiger partial charge in [0, 0.05) is 0 Å². The molecule has 2 aliphatic rings. The van der Waals surface area contributed by atoms with E-state index in [1.165, 1.54) is 11.3 Å². The van der Waals surface area contributed by atoms with Gasteiger partial charge in [0.2, 0.25) is 11.0 Å². The van der Waals surface area contributed by atoms with Crippen LogP contribution in [0.2, 0.25) is 0 Å². The Balaban J connectivity index is 1.70. The molecule has 0 spiro atoms. The molecule has 2 bridgehead atoms. The molecule has 114 valence electrons. The van der Waals surface area contributed by atoms with Crippen LogP contribution in [0.3, 0.4) is 0 Å². The van der Waals surface area contributed by atoms with E-state index in [4.69, 9.17) is 0 Å². The summed E-state index contributed by atoms with van der Waals surface area (Å²) in [5.74, 6) is -0.762. The van der Waals surface area contributed by atoms with Crippen LogP contribution in [0.25, 0.3) is 0 Å². The molecule has 0 saturated heterocycles. The van der Waals surface area contributed by atoms with Crippen molar-refractivity contribution in [3.8, 4) is 0 Å². The second-order valence-electron chi connectivity index (χ2n) is 5.52. The fourth-order valence-electron chi connectivity index (χ4n) is 3.65. The number of aliphatic carboxylic acids is 1. The Labute approximate surface area is 130 Å². The first-order valence-electron chi connectivity index (χ1n) is 7.10. The zero-order valence-electron chi connectivity index (χ0n) is 11.6. The molecule has 21 heavy (non-hydrogen) atoms. The van der Waals surface area contributed by atoms with E-state index in [0.29, 0.717) is 5.13 Å². The highest BCUT2D eigenvalue weighted by molar-refractivity contribution is 8.01. The molecule has 0 aromatic carbocycles. The molecule has 6 nitrogen and oxygen atoms in total. The average Bonchev–Trinajstić information content (AvgIpc) is 3.13. The maximum Gasteiger partial charge on any atom is 0.307 e. The molecule has 1 heterocycles. The van der Waals surface area contributed by atoms with Crippen LogP contribution in [0.4, 0.5) is 5.13 Å². The highest BCUT2D eigenvalue weighted by Gasteiger charge is 2.54. The highest BCUT2D eigenvalue weighted by atomic mass is 32.2. The molecule has 0 radical (unpaired) electrons. The van der Waals surface area contributed by atoms with E-state index >= 15 is 0 Å². The minimum atomic E-state index is -0.846. The average molecular weight is 327 g/mol. The Bertz CT molecular complexity index is 563. The first-order chi connectivity index (χ1) is 10.1. The van der Waals surface area contributed by atoms with Crippen molar-refractivity contribution < 1.29 is 14.7 Å². The molecule has 2 aliphatic carbocycles. The maximum atomic E-state index is 12.4. The van der Waals surface area contributed by atoms with E-state index in [1.807, 2.05) is 6.92 Å². The van der Waals surface area contributed by atoms with Gasteiger partial charge in [0.15, 0.2) is 4.34 Å². The number of nitrogens with zero attached hydrogens (tertiary/aromatic N) is 2. The van der Waals surface area contributed by atoms with Gasteiger partial charge in [-0.1, -0.05) is 30.0 Å². The molecule has 8 heteroatoms. The van der Waals surface area contributed by atoms with E-state index in [0.717, 1.165) is 29.4 Å². The number of anilines is 1. The smallest absolute Gasteiger partial charge is 0.307 e. The van der Waals surface area contributed by atoms with Crippen molar-refractivity contribution in [1.82, 2.24) is 10.2 Å². The van der Waals surface area contributed by atoms with Crippen LogP contribution < -0.4 is 5.32 Å². The van der Waals surface area contributed by atoms with Crippen LogP contribution in [0.15, 0.2) is 4.34 Å². The van der Waals surface area contributed by atoms with E-state index in [9.17, 15) is 14.7 Å². The van der Waals surface area contributed by atoms with Crippen LogP contribution in [0.1, 0.15) is 26.2 Å². The Morgan fingerprint density at radius 2 is 2.05 bits per heavy atom. The monoisotopic (exact) mass is 327 g/mol. The van der Waals surface area contributed by atoms with Crippen LogP contribution >= 0.6 is 23.1 Å². The van der Waals surface area contributed by atoms with Gasteiger partial charge in [0.25, 0.3) is 0 Å². The summed E-state index contributed by atoms with van der Waals surface area (Å²) in [6.45, 7) is 2.02. The number of thioether (sulfide) groups is 1. The van der Waals surface area contributed by atoms with Crippen molar-refractivity contribution in [1.29, 1.82) is 0 Å². The largest absolute Gasteiger partial charge is 0.481 e. The van der Waals surface area contributed by atoms with Gasteiger partial charge in [0.1, 0.15) is 0 Å². The number of carbonyl (C=O) groups is 2. The van der Waals surface area contributed by atoms with Gasteiger partial charge in [-0.2, -0.15) is 0 Å². The lowest BCUT2D eigenvalue weighted by Crippen LogP contribution is -2.37. The number of fused-ring (bicyclic) bond motifs is 2. The highest BCUT2D eigenvalue weighted by Crippen LogP contribution is 2.52. The van der Waals surface area contributed by atoms with Crippen molar-refractivity contribution >= 4 is 40.1 Å². The standard InChI is InChI=1S/C13H17N3O3S2/c1-2-20-13-16-15-12(21-13)14-10(17)8-6-3-4-7(5-6)9(8)11(18)19/h6-9H,2-5H2,1H3,(H,18,19)(H,14,15,17)/t6-,7+,8+,9+/m1/s1. The number of carboxylic acids is 1. The Morgan fingerprint density at radius 3 is 2.71 bits per heavy atom. The van der Waals surface area contributed by atoms with Crippen LogP contribution in [0, 0.1) is 23.7 Å². The van der Waals surface area contributed by atoms with Gasteiger partial charge in [-0.3, -0.25) is 9.59 Å². The third kappa shape index (κ3) is 2.78. The first kappa shape index (κ1) is 14.8. The lowest BCUT2D eigenvalue weighted by molar-refractivity contribution is -0.148. The maximum absolute atomic E-state index is 12.4. The van der Waals surface area contributed by atoms with Crippen molar-refractivity contribution in [2.24, 2.45) is 23.7 Å². The summed E-state index contributed by atoms with van der Waals surface area (Å²) >= 11 is 2.91. The molecule has 0 aliphatic heterocycles. The van der Waals surface area contributed by atoms with Gasteiger partial charge >= 0.3 is 5.97 Å².